The van der Waals surface area contributed by atoms with Crippen molar-refractivity contribution in [3.8, 4) is 17.2 Å². The average molecular weight is 496 g/mol. The highest BCUT2D eigenvalue weighted by Gasteiger charge is 2.19. The van der Waals surface area contributed by atoms with Crippen LogP contribution in [0.4, 0.5) is 18.9 Å². The molecule has 2 amide bonds. The van der Waals surface area contributed by atoms with E-state index in [1.807, 2.05) is 5.32 Å². The molecule has 0 bridgehead atoms. The number of rotatable bonds is 10. The molecule has 2 N–H and O–H groups in total. The van der Waals surface area contributed by atoms with Gasteiger partial charge in [0, 0.05) is 6.08 Å². The van der Waals surface area contributed by atoms with Gasteiger partial charge in [-0.15, -0.1) is 0 Å². The summed E-state index contributed by atoms with van der Waals surface area (Å²) in [6.45, 7) is 0.633. The second-order valence-electron chi connectivity index (χ2n) is 6.86. The van der Waals surface area contributed by atoms with Gasteiger partial charge in [-0.1, -0.05) is 0 Å². The van der Waals surface area contributed by atoms with Crippen LogP contribution in [-0.4, -0.2) is 51.8 Å². The van der Waals surface area contributed by atoms with Gasteiger partial charge in [0.15, 0.2) is 35.1 Å². The lowest BCUT2D eigenvalue weighted by Gasteiger charge is -2.13. The maximum absolute atomic E-state index is 13.6. The van der Waals surface area contributed by atoms with Crippen LogP contribution >= 0.6 is 0 Å². The number of ether oxygens (including phenoxy) is 4. The molecule has 35 heavy (non-hydrogen) atoms. The summed E-state index contributed by atoms with van der Waals surface area (Å²) in [4.78, 5) is 36.0. The Balaban J connectivity index is 1.91. The first kappa shape index (κ1) is 27.0. The largest absolute Gasteiger partial charge is 0.493 e. The maximum Gasteiger partial charge on any atom is 0.331 e. The lowest BCUT2D eigenvalue weighted by molar-refractivity contribution is -0.150. The van der Waals surface area contributed by atoms with E-state index in [4.69, 9.17) is 18.9 Å². The Hall–Kier alpha value is -4.22. The normalized spacial score (nSPS) is 11.5. The van der Waals surface area contributed by atoms with Gasteiger partial charge in [0.05, 0.1) is 33.6 Å². The van der Waals surface area contributed by atoms with Gasteiger partial charge < -0.3 is 29.6 Å². The number of benzene rings is 2. The number of anilines is 1. The number of halogens is 3. The van der Waals surface area contributed by atoms with E-state index >= 15 is 0 Å². The van der Waals surface area contributed by atoms with E-state index in [0.717, 1.165) is 12.1 Å². The van der Waals surface area contributed by atoms with Gasteiger partial charge in [0.25, 0.3) is 5.91 Å². The summed E-state index contributed by atoms with van der Waals surface area (Å²) in [6, 6.07) is 4.66. The number of esters is 1. The lowest BCUT2D eigenvalue weighted by Crippen LogP contribution is -2.40. The topological polar surface area (TPSA) is 112 Å². The Labute approximate surface area is 198 Å². The standard InChI is InChI=1S/C23H23F3N2O7/c1-12(23(31)27-11-18(29)28-15-7-6-14(24)20(25)21(15)26)35-19(30)8-5-13-9-16(32-2)22(34-4)17(10-13)33-3/h5-10,12H,11H2,1-4H3,(H,27,31)(H,28,29)/b8-5+. The molecule has 1 atom stereocenters. The van der Waals surface area contributed by atoms with Gasteiger partial charge in [-0.05, 0) is 42.8 Å². The van der Waals surface area contributed by atoms with E-state index in [1.165, 1.54) is 34.3 Å². The molecule has 9 nitrogen and oxygen atoms in total. The molecule has 2 rings (SSSR count). The van der Waals surface area contributed by atoms with Gasteiger partial charge in [0.1, 0.15) is 0 Å². The van der Waals surface area contributed by atoms with Gasteiger partial charge in [0.2, 0.25) is 11.7 Å². The molecule has 188 valence electrons. The monoisotopic (exact) mass is 496 g/mol. The minimum Gasteiger partial charge on any atom is -0.493 e. The Morgan fingerprint density at radius 2 is 1.60 bits per heavy atom. The maximum atomic E-state index is 13.6. The molecule has 0 aliphatic heterocycles. The Morgan fingerprint density at radius 1 is 0.971 bits per heavy atom. The molecule has 0 saturated carbocycles. The number of hydrogen-bond donors (Lipinski definition) is 2. The molecule has 2 aromatic carbocycles. The van der Waals surface area contributed by atoms with Crippen molar-refractivity contribution in [2.45, 2.75) is 13.0 Å². The van der Waals surface area contributed by atoms with Crippen LogP contribution in [0, 0.1) is 17.5 Å². The summed E-state index contributed by atoms with van der Waals surface area (Å²) in [6.07, 6.45) is 1.20. The molecular weight excluding hydrogens is 473 g/mol. The van der Waals surface area contributed by atoms with E-state index in [9.17, 15) is 27.6 Å². The van der Waals surface area contributed by atoms with Gasteiger partial charge in [-0.3, -0.25) is 9.59 Å². The zero-order chi connectivity index (χ0) is 26.1. The number of carbonyl (C=O) groups excluding carboxylic acids is 3. The van der Waals surface area contributed by atoms with Gasteiger partial charge >= 0.3 is 5.97 Å². The fourth-order valence-corrected chi connectivity index (χ4v) is 2.76. The molecule has 2 aromatic rings. The van der Waals surface area contributed by atoms with E-state index in [0.29, 0.717) is 28.9 Å². The number of methoxy groups -OCH3 is 3. The molecule has 0 aliphatic carbocycles. The predicted octanol–water partition coefficient (Wildman–Crippen LogP) is 2.83. The third kappa shape index (κ3) is 7.13. The molecule has 0 fully saturated rings. The van der Waals surface area contributed by atoms with Crippen molar-refractivity contribution in [2.24, 2.45) is 0 Å². The van der Waals surface area contributed by atoms with E-state index in [1.54, 1.807) is 12.1 Å². The first-order chi connectivity index (χ1) is 16.6. The van der Waals surface area contributed by atoms with Crippen molar-refractivity contribution in [2.75, 3.05) is 33.2 Å². The van der Waals surface area contributed by atoms with Crippen molar-refractivity contribution in [3.63, 3.8) is 0 Å². The smallest absolute Gasteiger partial charge is 0.331 e. The predicted molar refractivity (Wildman–Crippen MR) is 119 cm³/mol. The van der Waals surface area contributed by atoms with Crippen molar-refractivity contribution in [1.29, 1.82) is 0 Å². The lowest BCUT2D eigenvalue weighted by atomic mass is 10.1. The van der Waals surface area contributed by atoms with E-state index < -0.39 is 53.6 Å². The zero-order valence-electron chi connectivity index (χ0n) is 19.2. The highest BCUT2D eigenvalue weighted by atomic mass is 19.2. The summed E-state index contributed by atoms with van der Waals surface area (Å²) in [5.74, 6) is -6.21. The molecule has 1 unspecified atom stereocenters. The molecular formula is C23H23F3N2O7. The number of carbonyl (C=O) groups is 3. The van der Waals surface area contributed by atoms with Crippen LogP contribution in [0.2, 0.25) is 0 Å². The molecule has 0 aromatic heterocycles. The van der Waals surface area contributed by atoms with Gasteiger partial charge in [-0.2, -0.15) is 0 Å². The van der Waals surface area contributed by atoms with E-state index in [-0.39, 0.29) is 0 Å². The van der Waals surface area contributed by atoms with Crippen LogP contribution < -0.4 is 24.8 Å². The minimum absolute atomic E-state index is 0.370. The first-order valence-corrected chi connectivity index (χ1v) is 10.0. The summed E-state index contributed by atoms with van der Waals surface area (Å²) >= 11 is 0. The fraction of sp³-hybridized carbons (Fsp3) is 0.261. The van der Waals surface area contributed by atoms with Crippen molar-refractivity contribution in [3.05, 3.63) is 53.4 Å². The highest BCUT2D eigenvalue weighted by molar-refractivity contribution is 5.96. The Kier molecular flexibility index (Phi) is 9.50. The number of amides is 2. The third-order valence-corrected chi connectivity index (χ3v) is 4.49. The molecule has 0 radical (unpaired) electrons. The van der Waals surface area contributed by atoms with Crippen molar-refractivity contribution >= 4 is 29.5 Å². The van der Waals surface area contributed by atoms with Gasteiger partial charge in [-0.25, -0.2) is 18.0 Å². The van der Waals surface area contributed by atoms with Crippen LogP contribution in [0.1, 0.15) is 12.5 Å². The molecule has 0 heterocycles. The molecule has 12 heteroatoms. The first-order valence-electron chi connectivity index (χ1n) is 10.0. The van der Waals surface area contributed by atoms with Crippen LogP contribution in [0.25, 0.3) is 6.08 Å². The van der Waals surface area contributed by atoms with Crippen LogP contribution in [0.3, 0.4) is 0 Å². The van der Waals surface area contributed by atoms with Crippen molar-refractivity contribution in [1.82, 2.24) is 5.32 Å². The molecule has 0 saturated heterocycles. The summed E-state index contributed by atoms with van der Waals surface area (Å²) < 4.78 is 60.4. The second kappa shape index (κ2) is 12.3. The molecule has 0 aliphatic rings. The quantitative estimate of drug-likeness (QED) is 0.296. The van der Waals surface area contributed by atoms with E-state index in [2.05, 4.69) is 5.32 Å². The fourth-order valence-electron chi connectivity index (χ4n) is 2.76. The van der Waals surface area contributed by atoms with Crippen LogP contribution in [0.15, 0.2) is 30.3 Å². The zero-order valence-corrected chi connectivity index (χ0v) is 19.2. The summed E-state index contributed by atoms with van der Waals surface area (Å²) in [5.41, 5.74) is -0.0748. The third-order valence-electron chi connectivity index (χ3n) is 4.49. The SMILES string of the molecule is COc1cc(/C=C/C(=O)OC(C)C(=O)NCC(=O)Nc2ccc(F)c(F)c2F)cc(OC)c1OC. The number of hydrogen-bond acceptors (Lipinski definition) is 7. The van der Waals surface area contributed by atoms with Crippen molar-refractivity contribution < 1.29 is 46.5 Å². The Morgan fingerprint density at radius 3 is 2.17 bits per heavy atom. The second-order valence-corrected chi connectivity index (χ2v) is 6.86. The van der Waals surface area contributed by atoms with Crippen LogP contribution in [-0.2, 0) is 19.1 Å². The number of nitrogens with one attached hydrogen (secondary N) is 2. The van der Waals surface area contributed by atoms with Crippen LogP contribution in [0.5, 0.6) is 17.2 Å². The summed E-state index contributed by atoms with van der Waals surface area (Å²) in [7, 11) is 4.33. The highest BCUT2D eigenvalue weighted by Crippen LogP contribution is 2.38. The minimum atomic E-state index is -1.74. The molecule has 0 spiro atoms. The average Bonchev–Trinajstić information content (AvgIpc) is 2.85. The Bertz CT molecular complexity index is 1110. The summed E-state index contributed by atoms with van der Waals surface area (Å²) in [5, 5.41) is 4.18.